The highest BCUT2D eigenvalue weighted by Gasteiger charge is 2.40. The van der Waals surface area contributed by atoms with Crippen molar-refractivity contribution in [3.8, 4) is 0 Å². The van der Waals surface area contributed by atoms with Crippen molar-refractivity contribution < 1.29 is 24.8 Å². The lowest BCUT2D eigenvalue weighted by Crippen LogP contribution is -2.42. The van der Waals surface area contributed by atoms with Crippen LogP contribution in [0.15, 0.2) is 12.7 Å². The molecule has 0 radical (unpaired) electrons. The summed E-state index contributed by atoms with van der Waals surface area (Å²) in [6, 6.07) is 0. The van der Waals surface area contributed by atoms with Gasteiger partial charge in [-0.05, 0) is 19.3 Å². The third-order valence-corrected chi connectivity index (χ3v) is 3.84. The van der Waals surface area contributed by atoms with Crippen LogP contribution in [0.4, 0.5) is 0 Å². The highest BCUT2D eigenvalue weighted by atomic mass is 16.6. The lowest BCUT2D eigenvalue weighted by molar-refractivity contribution is -0.0938. The van der Waals surface area contributed by atoms with Crippen LogP contribution in [0.25, 0.3) is 0 Å². The smallest absolute Gasteiger partial charge is 0.114 e. The summed E-state index contributed by atoms with van der Waals surface area (Å²) >= 11 is 0. The average Bonchev–Trinajstić information content (AvgIpc) is 2.86. The van der Waals surface area contributed by atoms with Crippen LogP contribution in [0, 0.1) is 0 Å². The average molecular weight is 302 g/mol. The van der Waals surface area contributed by atoms with E-state index < -0.39 is 24.4 Å². The Hall–Kier alpha value is -0.460. The number of ether oxygens (including phenoxy) is 2. The molecule has 1 aliphatic rings. The van der Waals surface area contributed by atoms with Crippen LogP contribution in [0.1, 0.15) is 44.9 Å². The summed E-state index contributed by atoms with van der Waals surface area (Å²) in [6.45, 7) is 4.02. The van der Waals surface area contributed by atoms with Gasteiger partial charge in [0.25, 0.3) is 0 Å². The van der Waals surface area contributed by atoms with Gasteiger partial charge in [-0.2, -0.15) is 0 Å². The molecule has 1 saturated heterocycles. The van der Waals surface area contributed by atoms with E-state index in [0.717, 1.165) is 19.3 Å². The predicted octanol–water partition coefficient (Wildman–Crippen LogP) is 1.40. The highest BCUT2D eigenvalue weighted by Crippen LogP contribution is 2.21. The van der Waals surface area contributed by atoms with Crippen LogP contribution in [-0.2, 0) is 9.47 Å². The Morgan fingerprint density at radius 2 is 1.86 bits per heavy atom. The molecule has 4 atom stereocenters. The molecular weight excluding hydrogens is 272 g/mol. The number of aliphatic hydroxyl groups excluding tert-OH is 3. The van der Waals surface area contributed by atoms with Crippen molar-refractivity contribution in [3.63, 3.8) is 0 Å². The zero-order valence-corrected chi connectivity index (χ0v) is 12.8. The van der Waals surface area contributed by atoms with E-state index in [1.165, 1.54) is 25.7 Å². The van der Waals surface area contributed by atoms with Crippen LogP contribution in [0.2, 0.25) is 0 Å². The van der Waals surface area contributed by atoms with E-state index in [2.05, 4.69) is 6.58 Å². The molecule has 0 bridgehead atoms. The predicted molar refractivity (Wildman–Crippen MR) is 81.1 cm³/mol. The van der Waals surface area contributed by atoms with Crippen LogP contribution in [-0.4, -0.2) is 59.6 Å². The molecule has 5 heteroatoms. The summed E-state index contributed by atoms with van der Waals surface area (Å²) in [6.07, 6.45) is 7.06. The van der Waals surface area contributed by atoms with Gasteiger partial charge in [0.15, 0.2) is 0 Å². The van der Waals surface area contributed by atoms with Crippen molar-refractivity contribution in [1.29, 1.82) is 0 Å². The Labute approximate surface area is 127 Å². The first kappa shape index (κ1) is 18.6. The minimum absolute atomic E-state index is 0.149. The van der Waals surface area contributed by atoms with E-state index in [0.29, 0.717) is 6.61 Å². The Morgan fingerprint density at radius 1 is 1.19 bits per heavy atom. The molecule has 0 aromatic heterocycles. The first-order valence-corrected chi connectivity index (χ1v) is 8.01. The molecule has 1 heterocycles. The third-order valence-electron chi connectivity index (χ3n) is 3.84. The third kappa shape index (κ3) is 6.89. The summed E-state index contributed by atoms with van der Waals surface area (Å²) in [5.41, 5.74) is 0. The Kier molecular flexibility index (Phi) is 9.87. The molecule has 0 spiro atoms. The fourth-order valence-corrected chi connectivity index (χ4v) is 2.58. The maximum absolute atomic E-state index is 9.78. The van der Waals surface area contributed by atoms with Gasteiger partial charge < -0.3 is 24.8 Å². The first-order chi connectivity index (χ1) is 10.2. The molecule has 124 valence electrons. The maximum Gasteiger partial charge on any atom is 0.114 e. The van der Waals surface area contributed by atoms with Crippen LogP contribution in [0.5, 0.6) is 0 Å². The number of rotatable bonds is 12. The molecule has 0 saturated carbocycles. The van der Waals surface area contributed by atoms with Gasteiger partial charge in [0.2, 0.25) is 0 Å². The quantitative estimate of drug-likeness (QED) is 0.375. The normalized spacial score (nSPS) is 26.9. The highest BCUT2D eigenvalue weighted by molar-refractivity contribution is 4.89. The van der Waals surface area contributed by atoms with Gasteiger partial charge in [-0.1, -0.05) is 31.8 Å². The molecule has 1 rings (SSSR count). The number of aliphatic hydroxyl groups is 3. The van der Waals surface area contributed by atoms with Crippen molar-refractivity contribution in [3.05, 3.63) is 12.7 Å². The number of allylic oxidation sites excluding steroid dienone is 1. The van der Waals surface area contributed by atoms with Gasteiger partial charge in [0.1, 0.15) is 24.4 Å². The van der Waals surface area contributed by atoms with E-state index in [-0.39, 0.29) is 13.2 Å². The second kappa shape index (κ2) is 11.2. The van der Waals surface area contributed by atoms with E-state index >= 15 is 0 Å². The molecule has 1 aliphatic heterocycles. The van der Waals surface area contributed by atoms with Crippen molar-refractivity contribution >= 4 is 0 Å². The Balaban J connectivity index is 2.06. The Morgan fingerprint density at radius 3 is 2.52 bits per heavy atom. The fourth-order valence-electron chi connectivity index (χ4n) is 2.58. The second-order valence-electron chi connectivity index (χ2n) is 5.65. The SMILES string of the molecule is C=CCCCCCCCCO[C@@H]1[C@H]([C@H](O)CO)OC[C@@H]1O. The molecule has 0 unspecified atom stereocenters. The lowest BCUT2D eigenvalue weighted by Gasteiger charge is -2.23. The van der Waals surface area contributed by atoms with Crippen molar-refractivity contribution in [1.82, 2.24) is 0 Å². The summed E-state index contributed by atoms with van der Waals surface area (Å²) in [7, 11) is 0. The van der Waals surface area contributed by atoms with Gasteiger partial charge >= 0.3 is 0 Å². The van der Waals surface area contributed by atoms with Gasteiger partial charge in [0, 0.05) is 6.61 Å². The van der Waals surface area contributed by atoms with Gasteiger partial charge in [-0.3, -0.25) is 0 Å². The number of hydrogen-bond donors (Lipinski definition) is 3. The summed E-state index contributed by atoms with van der Waals surface area (Å²) < 4.78 is 10.9. The molecule has 1 fully saturated rings. The molecule has 3 N–H and O–H groups in total. The topological polar surface area (TPSA) is 79.2 Å². The van der Waals surface area contributed by atoms with Crippen LogP contribution < -0.4 is 0 Å². The van der Waals surface area contributed by atoms with E-state index in [9.17, 15) is 10.2 Å². The molecule has 0 aliphatic carbocycles. The fraction of sp³-hybridized carbons (Fsp3) is 0.875. The van der Waals surface area contributed by atoms with Gasteiger partial charge in [-0.25, -0.2) is 0 Å². The maximum atomic E-state index is 9.78. The van der Waals surface area contributed by atoms with E-state index in [1.807, 2.05) is 6.08 Å². The lowest BCUT2D eigenvalue weighted by atomic mass is 10.1. The zero-order valence-electron chi connectivity index (χ0n) is 12.8. The Bertz CT molecular complexity index is 271. The molecule has 0 amide bonds. The number of unbranched alkanes of at least 4 members (excludes halogenated alkanes) is 6. The summed E-state index contributed by atoms with van der Waals surface area (Å²) in [5, 5.41) is 28.3. The monoisotopic (exact) mass is 302 g/mol. The van der Waals surface area contributed by atoms with Crippen LogP contribution in [0.3, 0.4) is 0 Å². The minimum Gasteiger partial charge on any atom is -0.394 e. The first-order valence-electron chi connectivity index (χ1n) is 8.01. The molecular formula is C16H30O5. The van der Waals surface area contributed by atoms with Crippen molar-refractivity contribution in [2.45, 2.75) is 69.4 Å². The second-order valence-corrected chi connectivity index (χ2v) is 5.65. The zero-order chi connectivity index (χ0) is 15.5. The van der Waals surface area contributed by atoms with Crippen molar-refractivity contribution in [2.75, 3.05) is 19.8 Å². The summed E-state index contributed by atoms with van der Waals surface area (Å²) in [5.74, 6) is 0. The van der Waals surface area contributed by atoms with Crippen LogP contribution >= 0.6 is 0 Å². The largest absolute Gasteiger partial charge is 0.394 e. The molecule has 21 heavy (non-hydrogen) atoms. The standard InChI is InChI=1S/C16H30O5/c1-2-3-4-5-6-7-8-9-10-20-16-14(19)12-21-15(16)13(18)11-17/h2,13-19H,1,3-12H2/t13-,14+,15+,16+/m1/s1. The van der Waals surface area contributed by atoms with Crippen molar-refractivity contribution in [2.24, 2.45) is 0 Å². The van der Waals surface area contributed by atoms with E-state index in [4.69, 9.17) is 14.6 Å². The molecule has 0 aromatic carbocycles. The van der Waals surface area contributed by atoms with E-state index in [1.54, 1.807) is 0 Å². The number of hydrogen-bond acceptors (Lipinski definition) is 5. The molecule has 5 nitrogen and oxygen atoms in total. The van der Waals surface area contributed by atoms with Gasteiger partial charge in [0.05, 0.1) is 13.2 Å². The minimum atomic E-state index is -1.00. The molecule has 0 aromatic rings. The van der Waals surface area contributed by atoms with Gasteiger partial charge in [-0.15, -0.1) is 6.58 Å². The summed E-state index contributed by atoms with van der Waals surface area (Å²) in [4.78, 5) is 0.